The summed E-state index contributed by atoms with van der Waals surface area (Å²) in [6.45, 7) is 0.420. The third-order valence-electron chi connectivity index (χ3n) is 4.13. The highest BCUT2D eigenvalue weighted by Crippen LogP contribution is 2.31. The molecule has 0 unspecified atom stereocenters. The fourth-order valence-corrected chi connectivity index (χ4v) is 2.96. The van der Waals surface area contributed by atoms with Gasteiger partial charge < -0.3 is 15.0 Å². The van der Waals surface area contributed by atoms with E-state index in [1.165, 1.54) is 0 Å². The summed E-state index contributed by atoms with van der Waals surface area (Å²) < 4.78 is 5.86. The van der Waals surface area contributed by atoms with E-state index in [9.17, 15) is 9.59 Å². The number of carbonyl (C=O) groups is 1. The molecule has 2 aromatic heterocycles. The predicted octanol–water partition coefficient (Wildman–Crippen LogP) is 3.16. The summed E-state index contributed by atoms with van der Waals surface area (Å²) in [5.74, 6) is 0.253. The van der Waals surface area contributed by atoms with Crippen LogP contribution in [-0.4, -0.2) is 27.0 Å². The Bertz CT molecular complexity index is 1180. The monoisotopic (exact) mass is 382 g/mol. The molecule has 0 saturated heterocycles. The molecule has 0 atom stereocenters. The van der Waals surface area contributed by atoms with E-state index in [1.54, 1.807) is 0 Å². The van der Waals surface area contributed by atoms with Gasteiger partial charge in [0, 0.05) is 10.9 Å². The first-order valence-corrected chi connectivity index (χ1v) is 8.76. The summed E-state index contributed by atoms with van der Waals surface area (Å²) in [4.78, 5) is 26.9. The second-order valence-corrected chi connectivity index (χ2v) is 6.21. The smallest absolute Gasteiger partial charge is 0.288 e. The van der Waals surface area contributed by atoms with Crippen molar-refractivity contribution in [1.29, 1.82) is 0 Å². The van der Waals surface area contributed by atoms with Gasteiger partial charge in [-0.05, 0) is 23.8 Å². The Morgan fingerprint density at radius 2 is 2.00 bits per heavy atom. The fourth-order valence-electron chi connectivity index (χ4n) is 2.89. The van der Waals surface area contributed by atoms with E-state index in [-0.39, 0.29) is 17.3 Å². The van der Waals surface area contributed by atoms with Gasteiger partial charge in [0.25, 0.3) is 5.56 Å². The van der Waals surface area contributed by atoms with Gasteiger partial charge in [-0.2, -0.15) is 5.10 Å². The van der Waals surface area contributed by atoms with Crippen molar-refractivity contribution in [2.75, 3.05) is 11.2 Å². The standard InChI is InChI=1S/C19H15ClN4O3/c20-9-15(25)22-18-16-13-8-12(27-10-11-4-2-1-3-5-11)6-7-14(13)21-17(16)19(26)24-23-18/h1-8,21H,9-10H2,(H,24,26)(H,22,23,25). The molecule has 0 aliphatic heterocycles. The zero-order chi connectivity index (χ0) is 18.8. The van der Waals surface area contributed by atoms with Gasteiger partial charge in [-0.15, -0.1) is 11.6 Å². The molecule has 1 amide bonds. The van der Waals surface area contributed by atoms with Crippen LogP contribution in [0.1, 0.15) is 5.56 Å². The van der Waals surface area contributed by atoms with Crippen molar-refractivity contribution in [2.45, 2.75) is 6.61 Å². The van der Waals surface area contributed by atoms with Crippen LogP contribution in [0.15, 0.2) is 53.3 Å². The summed E-state index contributed by atoms with van der Waals surface area (Å²) in [5.41, 5.74) is 1.73. The summed E-state index contributed by atoms with van der Waals surface area (Å²) in [6, 6.07) is 15.3. The van der Waals surface area contributed by atoms with Crippen LogP contribution >= 0.6 is 11.6 Å². The second-order valence-electron chi connectivity index (χ2n) is 5.94. The lowest BCUT2D eigenvalue weighted by molar-refractivity contribution is -0.113. The number of aromatic amines is 2. The van der Waals surface area contributed by atoms with E-state index in [0.717, 1.165) is 16.5 Å². The van der Waals surface area contributed by atoms with Crippen LogP contribution in [0.2, 0.25) is 0 Å². The molecule has 0 radical (unpaired) electrons. The minimum absolute atomic E-state index is 0.212. The molecule has 0 aliphatic carbocycles. The van der Waals surface area contributed by atoms with Gasteiger partial charge in [0.05, 0.1) is 5.39 Å². The summed E-state index contributed by atoms with van der Waals surface area (Å²) in [6.07, 6.45) is 0. The Morgan fingerprint density at radius 3 is 2.78 bits per heavy atom. The number of carbonyl (C=O) groups excluding carboxylic acids is 1. The van der Waals surface area contributed by atoms with Crippen molar-refractivity contribution >= 4 is 45.1 Å². The molecular weight excluding hydrogens is 368 g/mol. The SMILES string of the molecule is O=C(CCl)Nc1n[nH]c(=O)c2[nH]c3ccc(OCc4ccccc4)cc3c12. The van der Waals surface area contributed by atoms with E-state index in [0.29, 0.717) is 23.3 Å². The van der Waals surface area contributed by atoms with Crippen LogP contribution in [-0.2, 0) is 11.4 Å². The number of hydrogen-bond donors (Lipinski definition) is 3. The zero-order valence-corrected chi connectivity index (χ0v) is 14.8. The molecule has 4 rings (SSSR count). The lowest BCUT2D eigenvalue weighted by Gasteiger charge is -2.07. The van der Waals surface area contributed by atoms with Crippen molar-refractivity contribution in [2.24, 2.45) is 0 Å². The number of nitrogens with one attached hydrogen (secondary N) is 3. The largest absolute Gasteiger partial charge is 0.489 e. The number of amides is 1. The molecular formula is C19H15ClN4O3. The predicted molar refractivity (Wildman–Crippen MR) is 104 cm³/mol. The number of fused-ring (bicyclic) bond motifs is 3. The van der Waals surface area contributed by atoms with Gasteiger partial charge in [-0.25, -0.2) is 5.10 Å². The molecule has 0 saturated carbocycles. The average Bonchev–Trinajstić information content (AvgIpc) is 3.09. The molecule has 0 fully saturated rings. The number of H-pyrrole nitrogens is 2. The first kappa shape index (κ1) is 17.1. The Balaban J connectivity index is 1.77. The molecule has 7 nitrogen and oxygen atoms in total. The third kappa shape index (κ3) is 3.37. The quantitative estimate of drug-likeness (QED) is 0.461. The number of anilines is 1. The fraction of sp³-hybridized carbons (Fsp3) is 0.105. The van der Waals surface area contributed by atoms with Crippen LogP contribution in [0.4, 0.5) is 5.82 Å². The minimum atomic E-state index is -0.414. The number of nitrogens with zero attached hydrogens (tertiary/aromatic N) is 1. The van der Waals surface area contributed by atoms with Gasteiger partial charge in [-0.1, -0.05) is 30.3 Å². The first-order chi connectivity index (χ1) is 13.2. The maximum absolute atomic E-state index is 12.1. The van der Waals surface area contributed by atoms with Gasteiger partial charge in [-0.3, -0.25) is 9.59 Å². The molecule has 4 aromatic rings. The van der Waals surface area contributed by atoms with E-state index in [1.807, 2.05) is 48.5 Å². The maximum Gasteiger partial charge on any atom is 0.288 e. The van der Waals surface area contributed by atoms with Crippen LogP contribution < -0.4 is 15.6 Å². The molecule has 3 N–H and O–H groups in total. The molecule has 27 heavy (non-hydrogen) atoms. The zero-order valence-electron chi connectivity index (χ0n) is 14.1. The molecule has 0 bridgehead atoms. The lowest BCUT2D eigenvalue weighted by atomic mass is 10.2. The summed E-state index contributed by atoms with van der Waals surface area (Å²) in [7, 11) is 0. The Kier molecular flexibility index (Phi) is 4.52. The van der Waals surface area contributed by atoms with Gasteiger partial charge in [0.1, 0.15) is 23.8 Å². The van der Waals surface area contributed by atoms with Gasteiger partial charge in [0.15, 0.2) is 5.82 Å². The van der Waals surface area contributed by atoms with E-state index in [4.69, 9.17) is 16.3 Å². The molecule has 0 spiro atoms. The highest BCUT2D eigenvalue weighted by atomic mass is 35.5. The number of alkyl halides is 1. The molecule has 136 valence electrons. The van der Waals surface area contributed by atoms with Crippen LogP contribution in [0, 0.1) is 0 Å². The third-order valence-corrected chi connectivity index (χ3v) is 4.37. The Morgan fingerprint density at radius 1 is 1.19 bits per heavy atom. The highest BCUT2D eigenvalue weighted by Gasteiger charge is 2.15. The number of halogens is 1. The van der Waals surface area contributed by atoms with Crippen molar-refractivity contribution in [3.63, 3.8) is 0 Å². The van der Waals surface area contributed by atoms with Gasteiger partial charge >= 0.3 is 0 Å². The minimum Gasteiger partial charge on any atom is -0.489 e. The molecule has 2 aromatic carbocycles. The summed E-state index contributed by atoms with van der Waals surface area (Å²) in [5, 5.41) is 10.2. The second kappa shape index (κ2) is 7.13. The number of rotatable bonds is 5. The molecule has 2 heterocycles. The lowest BCUT2D eigenvalue weighted by Crippen LogP contribution is -2.17. The number of aromatic nitrogens is 3. The first-order valence-electron chi connectivity index (χ1n) is 8.22. The average molecular weight is 383 g/mol. The van der Waals surface area contributed by atoms with E-state index in [2.05, 4.69) is 20.5 Å². The molecule has 8 heteroatoms. The normalized spacial score (nSPS) is 11.0. The van der Waals surface area contributed by atoms with Crippen LogP contribution in [0.3, 0.4) is 0 Å². The number of benzene rings is 2. The molecule has 0 aliphatic rings. The van der Waals surface area contributed by atoms with Crippen molar-refractivity contribution in [3.8, 4) is 5.75 Å². The van der Waals surface area contributed by atoms with E-state index < -0.39 is 5.91 Å². The van der Waals surface area contributed by atoms with Crippen molar-refractivity contribution in [1.82, 2.24) is 15.2 Å². The Hall–Kier alpha value is -3.32. The van der Waals surface area contributed by atoms with E-state index >= 15 is 0 Å². The van der Waals surface area contributed by atoms with Crippen molar-refractivity contribution in [3.05, 3.63) is 64.4 Å². The summed E-state index contributed by atoms with van der Waals surface area (Å²) >= 11 is 5.56. The highest BCUT2D eigenvalue weighted by molar-refractivity contribution is 6.29. The topological polar surface area (TPSA) is 99.9 Å². The number of ether oxygens (including phenoxy) is 1. The van der Waals surface area contributed by atoms with Crippen LogP contribution in [0.25, 0.3) is 21.8 Å². The Labute approximate surface area is 158 Å². The van der Waals surface area contributed by atoms with Crippen LogP contribution in [0.5, 0.6) is 5.75 Å². The number of hydrogen-bond acceptors (Lipinski definition) is 4. The van der Waals surface area contributed by atoms with Gasteiger partial charge in [0.2, 0.25) is 5.91 Å². The van der Waals surface area contributed by atoms with Crippen molar-refractivity contribution < 1.29 is 9.53 Å². The maximum atomic E-state index is 12.1.